The molecular formula is C10H10FN3O2S2. The van der Waals surface area contributed by atoms with Gasteiger partial charge >= 0.3 is 0 Å². The van der Waals surface area contributed by atoms with Crippen molar-refractivity contribution >= 4 is 26.5 Å². The lowest BCUT2D eigenvalue weighted by Crippen LogP contribution is -2.22. The fourth-order valence-electron chi connectivity index (χ4n) is 1.29. The molecule has 8 heteroatoms. The Morgan fingerprint density at radius 2 is 2.22 bits per heavy atom. The van der Waals surface area contributed by atoms with Gasteiger partial charge in [0.05, 0.1) is 4.90 Å². The Hall–Kier alpha value is -1.51. The van der Waals surface area contributed by atoms with Gasteiger partial charge in [0.15, 0.2) is 5.13 Å². The van der Waals surface area contributed by atoms with Gasteiger partial charge in [-0.3, -0.25) is 0 Å². The molecule has 96 valence electrons. The van der Waals surface area contributed by atoms with Crippen LogP contribution in [0.2, 0.25) is 0 Å². The maximum absolute atomic E-state index is 12.9. The number of sulfonamides is 1. The molecule has 5 nitrogen and oxygen atoms in total. The summed E-state index contributed by atoms with van der Waals surface area (Å²) in [5.74, 6) is -0.597. The standard InChI is InChI=1S/C10H10FN3O2S2/c11-7-2-1-3-9(4-7)18(15,16)14-6-8-5-13-10(12)17-8/h1-5,14H,6H2,(H2,12,13). The van der Waals surface area contributed by atoms with Gasteiger partial charge in [0.2, 0.25) is 10.0 Å². The van der Waals surface area contributed by atoms with Crippen LogP contribution >= 0.6 is 11.3 Å². The first-order chi connectivity index (χ1) is 8.47. The zero-order valence-electron chi connectivity index (χ0n) is 9.13. The molecule has 0 spiro atoms. The third-order valence-corrected chi connectivity index (χ3v) is 4.34. The molecule has 1 aromatic carbocycles. The van der Waals surface area contributed by atoms with Crippen molar-refractivity contribution in [2.45, 2.75) is 11.4 Å². The lowest BCUT2D eigenvalue weighted by molar-refractivity contribution is 0.578. The zero-order chi connectivity index (χ0) is 13.2. The highest BCUT2D eigenvalue weighted by atomic mass is 32.2. The van der Waals surface area contributed by atoms with E-state index < -0.39 is 15.8 Å². The van der Waals surface area contributed by atoms with E-state index in [4.69, 9.17) is 5.73 Å². The van der Waals surface area contributed by atoms with Gasteiger partial charge in [-0.25, -0.2) is 22.5 Å². The minimum atomic E-state index is -3.72. The summed E-state index contributed by atoms with van der Waals surface area (Å²) in [5.41, 5.74) is 5.43. The third-order valence-electron chi connectivity index (χ3n) is 2.11. The number of benzene rings is 1. The molecule has 18 heavy (non-hydrogen) atoms. The highest BCUT2D eigenvalue weighted by molar-refractivity contribution is 7.89. The number of hydrogen-bond acceptors (Lipinski definition) is 5. The predicted molar refractivity (Wildman–Crippen MR) is 67.0 cm³/mol. The summed E-state index contributed by atoms with van der Waals surface area (Å²) in [6.07, 6.45) is 1.49. The Morgan fingerprint density at radius 1 is 1.44 bits per heavy atom. The van der Waals surface area contributed by atoms with Crippen LogP contribution in [0.25, 0.3) is 0 Å². The van der Waals surface area contributed by atoms with Gasteiger partial charge in [-0.1, -0.05) is 6.07 Å². The van der Waals surface area contributed by atoms with Crippen LogP contribution < -0.4 is 10.5 Å². The van der Waals surface area contributed by atoms with Crippen molar-refractivity contribution in [3.05, 3.63) is 41.2 Å². The Morgan fingerprint density at radius 3 is 2.83 bits per heavy atom. The quantitative estimate of drug-likeness (QED) is 0.888. The molecule has 0 fully saturated rings. The minimum Gasteiger partial charge on any atom is -0.375 e. The Bertz CT molecular complexity index is 655. The van der Waals surface area contributed by atoms with E-state index in [0.717, 1.165) is 6.07 Å². The maximum Gasteiger partial charge on any atom is 0.241 e. The molecule has 0 bridgehead atoms. The molecule has 0 aliphatic heterocycles. The number of hydrogen-bond donors (Lipinski definition) is 2. The largest absolute Gasteiger partial charge is 0.375 e. The first-order valence-corrected chi connectivity index (χ1v) is 7.23. The number of halogens is 1. The Labute approximate surface area is 108 Å². The number of nitrogens with two attached hydrogens (primary N) is 1. The van der Waals surface area contributed by atoms with Gasteiger partial charge in [-0.05, 0) is 18.2 Å². The van der Waals surface area contributed by atoms with Crippen molar-refractivity contribution in [3.63, 3.8) is 0 Å². The van der Waals surface area contributed by atoms with Crippen molar-refractivity contribution in [3.8, 4) is 0 Å². The predicted octanol–water partition coefficient (Wildman–Crippen LogP) is 1.34. The number of aromatic nitrogens is 1. The third kappa shape index (κ3) is 3.03. The fraction of sp³-hybridized carbons (Fsp3) is 0.100. The van der Waals surface area contributed by atoms with E-state index in [2.05, 4.69) is 9.71 Å². The number of nitrogens with one attached hydrogen (secondary N) is 1. The highest BCUT2D eigenvalue weighted by Crippen LogP contribution is 2.16. The first-order valence-electron chi connectivity index (χ1n) is 4.93. The van der Waals surface area contributed by atoms with Crippen LogP contribution in [-0.4, -0.2) is 13.4 Å². The number of thiazole rings is 1. The number of nitrogens with zero attached hydrogens (tertiary/aromatic N) is 1. The van der Waals surface area contributed by atoms with Gasteiger partial charge in [-0.2, -0.15) is 0 Å². The molecule has 1 heterocycles. The Balaban J connectivity index is 2.13. The highest BCUT2D eigenvalue weighted by Gasteiger charge is 2.14. The summed E-state index contributed by atoms with van der Waals surface area (Å²) in [5, 5.41) is 0.370. The van der Waals surface area contributed by atoms with Crippen LogP contribution in [0, 0.1) is 5.82 Å². The lowest BCUT2D eigenvalue weighted by atomic mass is 10.4. The van der Waals surface area contributed by atoms with Crippen LogP contribution in [0.5, 0.6) is 0 Å². The second-order valence-electron chi connectivity index (χ2n) is 3.45. The molecule has 1 aromatic heterocycles. The summed E-state index contributed by atoms with van der Waals surface area (Å²) in [6, 6.07) is 4.81. The van der Waals surface area contributed by atoms with Crippen molar-refractivity contribution in [2.75, 3.05) is 5.73 Å². The molecule has 0 saturated heterocycles. The Kier molecular flexibility index (Phi) is 3.60. The number of rotatable bonds is 4. The number of anilines is 1. The molecule has 0 amide bonds. The van der Waals surface area contributed by atoms with E-state index in [1.54, 1.807) is 0 Å². The lowest BCUT2D eigenvalue weighted by Gasteiger charge is -2.05. The van der Waals surface area contributed by atoms with Gasteiger partial charge < -0.3 is 5.73 Å². The first kappa shape index (κ1) is 12.9. The molecule has 0 unspecified atom stereocenters. The van der Waals surface area contributed by atoms with E-state index in [1.165, 1.54) is 35.7 Å². The van der Waals surface area contributed by atoms with Gasteiger partial charge in [0.1, 0.15) is 5.82 Å². The number of nitrogen functional groups attached to an aromatic ring is 1. The average molecular weight is 287 g/mol. The molecule has 0 aliphatic rings. The van der Waals surface area contributed by atoms with E-state index in [0.29, 0.717) is 10.0 Å². The second-order valence-corrected chi connectivity index (χ2v) is 6.36. The van der Waals surface area contributed by atoms with Crippen LogP contribution in [-0.2, 0) is 16.6 Å². The van der Waals surface area contributed by atoms with Crippen molar-refractivity contribution in [2.24, 2.45) is 0 Å². The minimum absolute atomic E-state index is 0.0771. The van der Waals surface area contributed by atoms with Crippen molar-refractivity contribution in [1.82, 2.24) is 9.71 Å². The topological polar surface area (TPSA) is 85.1 Å². The van der Waals surface area contributed by atoms with Gasteiger partial charge in [0.25, 0.3) is 0 Å². The zero-order valence-corrected chi connectivity index (χ0v) is 10.8. The monoisotopic (exact) mass is 287 g/mol. The van der Waals surface area contributed by atoms with Crippen LogP contribution in [0.4, 0.5) is 9.52 Å². The summed E-state index contributed by atoms with van der Waals surface area (Å²) < 4.78 is 39.0. The molecule has 2 aromatic rings. The molecular weight excluding hydrogens is 277 g/mol. The summed E-state index contributed by atoms with van der Waals surface area (Å²) >= 11 is 1.19. The van der Waals surface area contributed by atoms with E-state index in [1.807, 2.05) is 0 Å². The molecule has 0 aliphatic carbocycles. The molecule has 2 rings (SSSR count). The summed E-state index contributed by atoms with van der Waals surface area (Å²) in [6.45, 7) is 0.0771. The molecule has 0 radical (unpaired) electrons. The van der Waals surface area contributed by atoms with Crippen LogP contribution in [0.1, 0.15) is 4.88 Å². The second kappa shape index (κ2) is 5.01. The SMILES string of the molecule is Nc1ncc(CNS(=O)(=O)c2cccc(F)c2)s1. The van der Waals surface area contributed by atoms with E-state index in [-0.39, 0.29) is 11.4 Å². The molecule has 0 atom stereocenters. The molecule has 3 N–H and O–H groups in total. The maximum atomic E-state index is 12.9. The van der Waals surface area contributed by atoms with Crippen molar-refractivity contribution in [1.29, 1.82) is 0 Å². The van der Waals surface area contributed by atoms with Crippen LogP contribution in [0.3, 0.4) is 0 Å². The van der Waals surface area contributed by atoms with Crippen molar-refractivity contribution < 1.29 is 12.8 Å². The normalized spacial score (nSPS) is 11.6. The van der Waals surface area contributed by atoms with Gasteiger partial charge in [0, 0.05) is 17.6 Å². The summed E-state index contributed by atoms with van der Waals surface area (Å²) in [7, 11) is -3.72. The fourth-order valence-corrected chi connectivity index (χ4v) is 3.04. The van der Waals surface area contributed by atoms with E-state index >= 15 is 0 Å². The van der Waals surface area contributed by atoms with Crippen LogP contribution in [0.15, 0.2) is 35.4 Å². The van der Waals surface area contributed by atoms with Gasteiger partial charge in [-0.15, -0.1) is 11.3 Å². The smallest absolute Gasteiger partial charge is 0.241 e. The molecule has 0 saturated carbocycles. The van der Waals surface area contributed by atoms with E-state index in [9.17, 15) is 12.8 Å². The summed E-state index contributed by atoms with van der Waals surface area (Å²) in [4.78, 5) is 4.38. The average Bonchev–Trinajstić information content (AvgIpc) is 2.73.